The summed E-state index contributed by atoms with van der Waals surface area (Å²) in [5.74, 6) is 3.76. The van der Waals surface area contributed by atoms with Crippen LogP contribution in [0.1, 0.15) is 44.6 Å². The van der Waals surface area contributed by atoms with Gasteiger partial charge in [0, 0.05) is 21.9 Å². The normalized spacial score (nSPS) is 20.8. The van der Waals surface area contributed by atoms with E-state index in [2.05, 4.69) is 121 Å². The third-order valence-corrected chi connectivity index (χ3v) is 10.6. The molecule has 0 aliphatic heterocycles. The van der Waals surface area contributed by atoms with Crippen molar-refractivity contribution < 1.29 is 0 Å². The molecule has 2 atom stereocenters. The van der Waals surface area contributed by atoms with Gasteiger partial charge in [-0.05, 0) is 65.3 Å². The van der Waals surface area contributed by atoms with Crippen LogP contribution in [0.3, 0.4) is 0 Å². The van der Waals surface area contributed by atoms with Crippen LogP contribution in [0, 0.1) is 11.8 Å². The van der Waals surface area contributed by atoms with Crippen molar-refractivity contribution in [2.45, 2.75) is 44.4 Å². The number of aromatic nitrogens is 4. The minimum Gasteiger partial charge on any atom is -0.278 e. The molecule has 2 aromatic heterocycles. The van der Waals surface area contributed by atoms with E-state index in [1.807, 2.05) is 18.2 Å². The largest absolute Gasteiger partial charge is 0.278 e. The number of hydrogen-bond donors (Lipinski definition) is 0. The Kier molecular flexibility index (Phi) is 6.38. The zero-order chi connectivity index (χ0) is 30.7. The monoisotopic (exact) mass is 596 g/mol. The summed E-state index contributed by atoms with van der Waals surface area (Å²) in [5.41, 5.74) is 8.23. The molecule has 46 heavy (non-hydrogen) atoms. The molecule has 2 aliphatic carbocycles. The molecule has 2 aliphatic rings. The summed E-state index contributed by atoms with van der Waals surface area (Å²) in [7, 11) is 0. The second-order valence-corrected chi connectivity index (χ2v) is 13.7. The van der Waals surface area contributed by atoms with E-state index in [1.54, 1.807) is 0 Å². The molecule has 2 fully saturated rings. The first-order valence-electron chi connectivity index (χ1n) is 16.6. The van der Waals surface area contributed by atoms with Crippen LogP contribution in [0.2, 0.25) is 0 Å². The number of nitrogens with zero attached hydrogens (tertiary/aromatic N) is 4. The molecule has 0 spiro atoms. The Morgan fingerprint density at radius 3 is 1.85 bits per heavy atom. The quantitative estimate of drug-likeness (QED) is 0.199. The molecule has 0 radical (unpaired) electrons. The topological polar surface area (TPSA) is 43.6 Å². The van der Waals surface area contributed by atoms with Crippen molar-refractivity contribution in [1.82, 2.24) is 19.5 Å². The van der Waals surface area contributed by atoms with Crippen molar-refractivity contribution in [3.8, 4) is 39.9 Å². The van der Waals surface area contributed by atoms with E-state index in [4.69, 9.17) is 15.0 Å². The summed E-state index contributed by atoms with van der Waals surface area (Å²) in [6.07, 6.45) is 6.85. The van der Waals surface area contributed by atoms with Gasteiger partial charge in [0.15, 0.2) is 11.6 Å². The molecule has 2 saturated carbocycles. The molecular weight excluding hydrogens is 560 g/mol. The van der Waals surface area contributed by atoms with Crippen LogP contribution in [-0.4, -0.2) is 19.5 Å². The van der Waals surface area contributed by atoms with Crippen molar-refractivity contribution in [2.24, 2.45) is 11.8 Å². The minimum absolute atomic E-state index is 0.251. The molecular formula is C42H36N4. The highest BCUT2D eigenvalue weighted by Crippen LogP contribution is 2.51. The van der Waals surface area contributed by atoms with E-state index >= 15 is 0 Å². The highest BCUT2D eigenvalue weighted by molar-refractivity contribution is 6.15. The van der Waals surface area contributed by atoms with Gasteiger partial charge in [-0.25, -0.2) is 4.98 Å². The number of rotatable bonds is 5. The van der Waals surface area contributed by atoms with E-state index in [9.17, 15) is 0 Å². The van der Waals surface area contributed by atoms with Gasteiger partial charge in [-0.1, -0.05) is 135 Å². The highest BCUT2D eigenvalue weighted by atomic mass is 15.2. The summed E-state index contributed by atoms with van der Waals surface area (Å²) in [6, 6.07) is 45.1. The molecule has 0 unspecified atom stereocenters. The maximum atomic E-state index is 5.21. The van der Waals surface area contributed by atoms with Crippen LogP contribution < -0.4 is 0 Å². The highest BCUT2D eigenvalue weighted by Gasteiger charge is 2.41. The van der Waals surface area contributed by atoms with Gasteiger partial charge in [-0.3, -0.25) is 4.57 Å². The number of benzene rings is 5. The fourth-order valence-corrected chi connectivity index (χ4v) is 8.57. The Labute approximate surface area is 269 Å². The number of hydrogen-bond acceptors (Lipinski definition) is 3. The predicted molar refractivity (Wildman–Crippen MR) is 188 cm³/mol. The molecule has 5 aromatic carbocycles. The maximum Gasteiger partial charge on any atom is 0.238 e. The summed E-state index contributed by atoms with van der Waals surface area (Å²) in [5, 5.41) is 2.38. The van der Waals surface area contributed by atoms with Crippen LogP contribution in [0.25, 0.3) is 61.7 Å². The van der Waals surface area contributed by atoms with E-state index < -0.39 is 0 Å². The lowest BCUT2D eigenvalue weighted by Gasteiger charge is -2.38. The van der Waals surface area contributed by atoms with Crippen molar-refractivity contribution in [3.63, 3.8) is 0 Å². The molecule has 7 aromatic rings. The molecule has 224 valence electrons. The van der Waals surface area contributed by atoms with E-state index in [1.165, 1.54) is 59.6 Å². The van der Waals surface area contributed by atoms with Gasteiger partial charge in [0.2, 0.25) is 5.95 Å². The summed E-state index contributed by atoms with van der Waals surface area (Å²) in [4.78, 5) is 15.4. The molecule has 0 N–H and O–H groups in total. The third-order valence-electron chi connectivity index (χ3n) is 10.6. The smallest absolute Gasteiger partial charge is 0.238 e. The van der Waals surface area contributed by atoms with Gasteiger partial charge in [-0.15, -0.1) is 0 Å². The van der Waals surface area contributed by atoms with Crippen molar-refractivity contribution >= 4 is 21.8 Å². The maximum absolute atomic E-state index is 5.21. The van der Waals surface area contributed by atoms with Crippen LogP contribution >= 0.6 is 0 Å². The number of fused-ring (bicyclic) bond motifs is 5. The molecule has 9 rings (SSSR count). The minimum atomic E-state index is 0.251. The lowest BCUT2D eigenvalue weighted by atomic mass is 9.66. The Bertz CT molecular complexity index is 2190. The van der Waals surface area contributed by atoms with Gasteiger partial charge in [0.25, 0.3) is 0 Å². The first-order chi connectivity index (χ1) is 22.6. The van der Waals surface area contributed by atoms with Gasteiger partial charge >= 0.3 is 0 Å². The Hall–Kier alpha value is -5.09. The zero-order valence-electron chi connectivity index (χ0n) is 26.1. The summed E-state index contributed by atoms with van der Waals surface area (Å²) >= 11 is 0. The standard InChI is InChI=1S/C42H36N4/c1-42(26-28-19-20-29(25-28)27-42)33-23-21-32(22-24-33)40-43-39(31-13-6-3-7-14-31)44-41(45-40)46-36-17-9-8-15-35(36)38-34(16-10-18-37(38)46)30-11-4-2-5-12-30/h2-18,21-24,28-29H,19-20,25-27H2,1H3/t28-,29-/m1/s1. The molecule has 2 bridgehead atoms. The van der Waals surface area contributed by atoms with Gasteiger partial charge in [-0.2, -0.15) is 9.97 Å². The zero-order valence-corrected chi connectivity index (χ0v) is 26.1. The average molecular weight is 597 g/mol. The van der Waals surface area contributed by atoms with Crippen molar-refractivity contribution in [1.29, 1.82) is 0 Å². The molecule has 4 heteroatoms. The van der Waals surface area contributed by atoms with Crippen molar-refractivity contribution in [2.75, 3.05) is 0 Å². The van der Waals surface area contributed by atoms with Crippen LogP contribution in [0.15, 0.2) is 127 Å². The van der Waals surface area contributed by atoms with E-state index in [-0.39, 0.29) is 5.41 Å². The second kappa shape index (κ2) is 10.8. The van der Waals surface area contributed by atoms with E-state index in [0.29, 0.717) is 17.6 Å². The first kappa shape index (κ1) is 27.2. The Balaban J connectivity index is 1.22. The van der Waals surface area contributed by atoms with Gasteiger partial charge < -0.3 is 0 Å². The molecule has 0 amide bonds. The lowest BCUT2D eigenvalue weighted by Crippen LogP contribution is -2.30. The molecule has 2 heterocycles. The van der Waals surface area contributed by atoms with Crippen molar-refractivity contribution in [3.05, 3.63) is 133 Å². The van der Waals surface area contributed by atoms with Gasteiger partial charge in [0.05, 0.1) is 11.0 Å². The SMILES string of the molecule is CC1(c2ccc(-c3nc(-c4ccccc4)nc(-n4c5ccccc5c5c(-c6ccccc6)cccc54)n3)cc2)C[C@@H]2CC[C@H](C2)C1. The fraction of sp³-hybridized carbons (Fsp3) is 0.214. The lowest BCUT2D eigenvalue weighted by molar-refractivity contribution is 0.232. The van der Waals surface area contributed by atoms with Crippen LogP contribution in [0.4, 0.5) is 0 Å². The van der Waals surface area contributed by atoms with Crippen LogP contribution in [-0.2, 0) is 5.41 Å². The Morgan fingerprint density at radius 1 is 0.565 bits per heavy atom. The summed E-state index contributed by atoms with van der Waals surface area (Å²) in [6.45, 7) is 2.48. The average Bonchev–Trinajstić information content (AvgIpc) is 3.65. The second-order valence-electron chi connectivity index (χ2n) is 13.7. The third kappa shape index (κ3) is 4.55. The van der Waals surface area contributed by atoms with Crippen LogP contribution in [0.5, 0.6) is 0 Å². The Morgan fingerprint density at radius 2 is 1.15 bits per heavy atom. The molecule has 4 nitrogen and oxygen atoms in total. The molecule has 0 saturated heterocycles. The number of para-hydroxylation sites is 1. The van der Waals surface area contributed by atoms with E-state index in [0.717, 1.165) is 34.0 Å². The fourth-order valence-electron chi connectivity index (χ4n) is 8.57. The summed E-state index contributed by atoms with van der Waals surface area (Å²) < 4.78 is 2.21. The first-order valence-corrected chi connectivity index (χ1v) is 16.6. The predicted octanol–water partition coefficient (Wildman–Crippen LogP) is 10.4. The van der Waals surface area contributed by atoms with Gasteiger partial charge in [0.1, 0.15) is 0 Å².